The third-order valence-electron chi connectivity index (χ3n) is 5.81. The van der Waals surface area contributed by atoms with Crippen molar-refractivity contribution in [2.24, 2.45) is 0 Å². The van der Waals surface area contributed by atoms with Crippen LogP contribution < -0.4 is 9.47 Å². The summed E-state index contributed by atoms with van der Waals surface area (Å²) in [6.07, 6.45) is 4.03. The van der Waals surface area contributed by atoms with Crippen molar-refractivity contribution < 1.29 is 17.9 Å². The van der Waals surface area contributed by atoms with Gasteiger partial charge in [0, 0.05) is 25.5 Å². The fourth-order valence-corrected chi connectivity index (χ4v) is 5.38. The van der Waals surface area contributed by atoms with Crippen molar-refractivity contribution in [2.45, 2.75) is 25.3 Å². The van der Waals surface area contributed by atoms with E-state index in [9.17, 15) is 8.42 Å². The Morgan fingerprint density at radius 1 is 0.750 bits per heavy atom. The molecule has 4 aromatic rings. The lowest BCUT2D eigenvalue weighted by atomic mass is 10.1. The first-order valence-electron chi connectivity index (χ1n) is 11.8. The van der Waals surface area contributed by atoms with Crippen molar-refractivity contribution in [1.29, 1.82) is 0 Å². The Bertz CT molecular complexity index is 1330. The van der Waals surface area contributed by atoms with Gasteiger partial charge in [-0.05, 0) is 52.9 Å². The summed E-state index contributed by atoms with van der Waals surface area (Å²) in [4.78, 5) is 4.05. The van der Waals surface area contributed by atoms with Crippen LogP contribution >= 0.6 is 0 Å². The molecule has 186 valence electrons. The van der Waals surface area contributed by atoms with E-state index in [0.29, 0.717) is 31.1 Å². The summed E-state index contributed by atoms with van der Waals surface area (Å²) in [6.45, 7) is 1.00. The van der Waals surface area contributed by atoms with Crippen LogP contribution in [0.2, 0.25) is 0 Å². The smallest absolute Gasteiger partial charge is 0.218 e. The molecule has 1 aromatic heterocycles. The van der Waals surface area contributed by atoms with E-state index in [1.165, 1.54) is 0 Å². The molecule has 1 heterocycles. The molecule has 6 nitrogen and oxygen atoms in total. The summed E-state index contributed by atoms with van der Waals surface area (Å²) in [6, 6.07) is 28.5. The molecule has 0 bridgehead atoms. The first-order valence-corrected chi connectivity index (χ1v) is 13.4. The van der Waals surface area contributed by atoms with Gasteiger partial charge in [0.1, 0.15) is 6.61 Å². The van der Waals surface area contributed by atoms with Crippen LogP contribution in [0.3, 0.4) is 0 Å². The predicted molar refractivity (Wildman–Crippen MR) is 141 cm³/mol. The maximum absolute atomic E-state index is 13.5. The van der Waals surface area contributed by atoms with Crippen LogP contribution in [0.25, 0.3) is 0 Å². The number of rotatable bonds is 12. The van der Waals surface area contributed by atoms with Crippen molar-refractivity contribution in [1.82, 2.24) is 9.29 Å². The van der Waals surface area contributed by atoms with E-state index in [4.69, 9.17) is 9.47 Å². The second-order valence-electron chi connectivity index (χ2n) is 8.44. The summed E-state index contributed by atoms with van der Waals surface area (Å²) in [5.74, 6) is 1.12. The summed E-state index contributed by atoms with van der Waals surface area (Å²) < 4.78 is 40.0. The lowest BCUT2D eigenvalue weighted by Gasteiger charge is -2.23. The zero-order valence-corrected chi connectivity index (χ0v) is 21.1. The molecule has 0 fully saturated rings. The molecule has 0 saturated carbocycles. The first kappa shape index (κ1) is 25.4. The Balaban J connectivity index is 1.52. The number of pyridine rings is 1. The molecule has 0 aliphatic rings. The molecule has 0 atom stereocenters. The molecule has 4 rings (SSSR count). The van der Waals surface area contributed by atoms with E-state index in [-0.39, 0.29) is 12.3 Å². The van der Waals surface area contributed by atoms with Crippen molar-refractivity contribution >= 4 is 10.0 Å². The Labute approximate surface area is 213 Å². The highest BCUT2D eigenvalue weighted by Gasteiger charge is 2.23. The van der Waals surface area contributed by atoms with Crippen molar-refractivity contribution in [3.63, 3.8) is 0 Å². The monoisotopic (exact) mass is 502 g/mol. The maximum atomic E-state index is 13.5. The minimum Gasteiger partial charge on any atom is -0.493 e. The van der Waals surface area contributed by atoms with E-state index < -0.39 is 10.0 Å². The van der Waals surface area contributed by atoms with Gasteiger partial charge in [-0.3, -0.25) is 4.98 Å². The summed E-state index contributed by atoms with van der Waals surface area (Å²) >= 11 is 0. The van der Waals surface area contributed by atoms with Gasteiger partial charge in [-0.1, -0.05) is 66.7 Å². The number of nitrogens with zero attached hydrogens (tertiary/aromatic N) is 2. The Hall–Kier alpha value is -3.68. The highest BCUT2D eigenvalue weighted by atomic mass is 32.2. The van der Waals surface area contributed by atoms with Crippen molar-refractivity contribution in [2.75, 3.05) is 13.7 Å². The third-order valence-corrected chi connectivity index (χ3v) is 7.61. The molecule has 0 aliphatic heterocycles. The van der Waals surface area contributed by atoms with Crippen LogP contribution in [0.1, 0.15) is 22.3 Å². The lowest BCUT2D eigenvalue weighted by Crippen LogP contribution is -2.33. The lowest BCUT2D eigenvalue weighted by molar-refractivity contribution is 0.284. The number of hydrogen-bond donors (Lipinski definition) is 0. The molecular weight excluding hydrogens is 472 g/mol. The fourth-order valence-electron chi connectivity index (χ4n) is 3.86. The van der Waals surface area contributed by atoms with Gasteiger partial charge in [0.2, 0.25) is 10.0 Å². The van der Waals surface area contributed by atoms with Gasteiger partial charge in [0.05, 0.1) is 12.9 Å². The Morgan fingerprint density at radius 2 is 1.42 bits per heavy atom. The van der Waals surface area contributed by atoms with E-state index in [1.807, 2.05) is 91.0 Å². The molecule has 0 N–H and O–H groups in total. The van der Waals surface area contributed by atoms with Gasteiger partial charge in [0.15, 0.2) is 11.5 Å². The van der Waals surface area contributed by atoms with Crippen LogP contribution in [0.5, 0.6) is 11.5 Å². The van der Waals surface area contributed by atoms with E-state index in [1.54, 1.807) is 23.8 Å². The summed E-state index contributed by atoms with van der Waals surface area (Å²) in [5, 5.41) is 0. The van der Waals surface area contributed by atoms with Crippen LogP contribution in [0.4, 0.5) is 0 Å². The van der Waals surface area contributed by atoms with Gasteiger partial charge in [-0.25, -0.2) is 8.42 Å². The zero-order valence-electron chi connectivity index (χ0n) is 20.3. The molecule has 0 amide bonds. The number of hydrogen-bond acceptors (Lipinski definition) is 5. The topological polar surface area (TPSA) is 68.7 Å². The number of aromatic nitrogens is 1. The quantitative estimate of drug-likeness (QED) is 0.265. The molecule has 7 heteroatoms. The average molecular weight is 503 g/mol. The van der Waals surface area contributed by atoms with Crippen molar-refractivity contribution in [3.05, 3.63) is 126 Å². The minimum atomic E-state index is -3.57. The molecule has 36 heavy (non-hydrogen) atoms. The largest absolute Gasteiger partial charge is 0.493 e. The Morgan fingerprint density at radius 3 is 2.08 bits per heavy atom. The second-order valence-corrected chi connectivity index (χ2v) is 10.4. The molecule has 3 aromatic carbocycles. The van der Waals surface area contributed by atoms with E-state index in [0.717, 1.165) is 22.3 Å². The molecule has 0 aliphatic carbocycles. The standard InChI is InChI=1S/C29H30N2O4S/c1-34-29-20-27(12-13-28(29)35-22-25-8-4-2-5-9-25)21-31(19-16-24-14-17-30-18-15-24)36(32,33)23-26-10-6-3-7-11-26/h2-15,17-18,20H,16,19,21-23H2,1H3. The first-order chi connectivity index (χ1) is 17.5. The van der Waals surface area contributed by atoms with Gasteiger partial charge in [-0.15, -0.1) is 0 Å². The van der Waals surface area contributed by atoms with Crippen molar-refractivity contribution in [3.8, 4) is 11.5 Å². The van der Waals surface area contributed by atoms with Crippen LogP contribution in [-0.2, 0) is 35.3 Å². The van der Waals surface area contributed by atoms with E-state index >= 15 is 0 Å². The van der Waals surface area contributed by atoms with E-state index in [2.05, 4.69) is 4.98 Å². The van der Waals surface area contributed by atoms with Gasteiger partial charge < -0.3 is 9.47 Å². The molecule has 0 radical (unpaired) electrons. The average Bonchev–Trinajstić information content (AvgIpc) is 2.91. The summed E-state index contributed by atoms with van der Waals surface area (Å²) in [7, 11) is -1.99. The summed E-state index contributed by atoms with van der Waals surface area (Å²) in [5.41, 5.74) is 3.67. The Kier molecular flexibility index (Phi) is 8.71. The predicted octanol–water partition coefficient (Wildman–Crippen LogP) is 5.24. The second kappa shape index (κ2) is 12.3. The normalized spacial score (nSPS) is 11.4. The third kappa shape index (κ3) is 7.16. The van der Waals surface area contributed by atoms with Gasteiger partial charge in [-0.2, -0.15) is 4.31 Å². The highest BCUT2D eigenvalue weighted by Crippen LogP contribution is 2.30. The fraction of sp³-hybridized carbons (Fsp3) is 0.207. The number of ether oxygens (including phenoxy) is 2. The van der Waals surface area contributed by atoms with Gasteiger partial charge >= 0.3 is 0 Å². The highest BCUT2D eigenvalue weighted by molar-refractivity contribution is 7.88. The number of sulfonamides is 1. The molecule has 0 spiro atoms. The van der Waals surface area contributed by atoms with Crippen LogP contribution in [0.15, 0.2) is 103 Å². The molecule has 0 saturated heterocycles. The maximum Gasteiger partial charge on any atom is 0.218 e. The minimum absolute atomic E-state index is 0.0560. The van der Waals surface area contributed by atoms with Crippen LogP contribution in [0, 0.1) is 0 Å². The number of methoxy groups -OCH3 is 1. The van der Waals surface area contributed by atoms with Crippen LogP contribution in [-0.4, -0.2) is 31.4 Å². The zero-order chi connectivity index (χ0) is 25.2. The van der Waals surface area contributed by atoms with Gasteiger partial charge in [0.25, 0.3) is 0 Å². The molecule has 0 unspecified atom stereocenters. The number of benzene rings is 3. The molecular formula is C29H30N2O4S. The SMILES string of the molecule is COc1cc(CN(CCc2ccncc2)S(=O)(=O)Cc2ccccc2)ccc1OCc1ccccc1.